The zero-order valence-corrected chi connectivity index (χ0v) is 11.6. The second-order valence-electron chi connectivity index (χ2n) is 6.59. The van der Waals surface area contributed by atoms with Gasteiger partial charge in [-0.05, 0) is 62.2 Å². The molecule has 4 nitrogen and oxygen atoms in total. The van der Waals surface area contributed by atoms with Gasteiger partial charge in [-0.25, -0.2) is 0 Å². The smallest absolute Gasteiger partial charge is 0.307 e. The molecule has 0 unspecified atom stereocenters. The molecule has 0 aromatic heterocycles. The summed E-state index contributed by atoms with van der Waals surface area (Å²) in [5.41, 5.74) is 0. The molecular weight excluding hydrogens is 256 g/mol. The van der Waals surface area contributed by atoms with Crippen LogP contribution in [0.15, 0.2) is 12.2 Å². The number of rotatable bonds is 2. The van der Waals surface area contributed by atoms with Crippen molar-refractivity contribution in [2.45, 2.75) is 38.5 Å². The lowest BCUT2D eigenvalue weighted by Gasteiger charge is -2.01. The van der Waals surface area contributed by atoms with E-state index in [1.807, 2.05) is 0 Å². The lowest BCUT2D eigenvalue weighted by Crippen LogP contribution is -2.02. The molecule has 110 valence electrons. The largest absolute Gasteiger partial charge is 0.481 e. The molecule has 0 amide bonds. The summed E-state index contributed by atoms with van der Waals surface area (Å²) in [5.74, 6) is -0.475. The van der Waals surface area contributed by atoms with E-state index >= 15 is 0 Å². The average Bonchev–Trinajstić information content (AvgIpc) is 3.22. The number of aliphatic carboxylic acids is 2. The Kier molecular flexibility index (Phi) is 3.57. The molecule has 6 atom stereocenters. The van der Waals surface area contributed by atoms with Gasteiger partial charge in [-0.3, -0.25) is 9.59 Å². The number of carboxylic acids is 2. The lowest BCUT2D eigenvalue weighted by molar-refractivity contribution is -0.140. The maximum Gasteiger partial charge on any atom is 0.307 e. The third-order valence-corrected chi connectivity index (χ3v) is 5.57. The molecule has 0 aromatic carbocycles. The third-order valence-electron chi connectivity index (χ3n) is 5.57. The van der Waals surface area contributed by atoms with Gasteiger partial charge in [0, 0.05) is 0 Å². The highest BCUT2D eigenvalue weighted by Crippen LogP contribution is 2.57. The Labute approximate surface area is 118 Å². The minimum Gasteiger partial charge on any atom is -0.481 e. The van der Waals surface area contributed by atoms with Crippen LogP contribution >= 0.6 is 0 Å². The Morgan fingerprint density at radius 1 is 0.700 bits per heavy atom. The van der Waals surface area contributed by atoms with Crippen LogP contribution in [0.5, 0.6) is 0 Å². The fourth-order valence-corrected chi connectivity index (χ4v) is 4.40. The highest BCUT2D eigenvalue weighted by Gasteiger charge is 2.57. The first-order valence-electron chi connectivity index (χ1n) is 7.72. The van der Waals surface area contributed by atoms with Gasteiger partial charge in [0.05, 0.1) is 11.8 Å². The summed E-state index contributed by atoms with van der Waals surface area (Å²) in [4.78, 5) is 22.4. The van der Waals surface area contributed by atoms with E-state index in [9.17, 15) is 19.8 Å². The number of carbonyl (C=O) groups is 2. The first-order chi connectivity index (χ1) is 9.61. The highest BCUT2D eigenvalue weighted by atomic mass is 16.4. The molecule has 0 aliphatic heterocycles. The lowest BCUT2D eigenvalue weighted by atomic mass is 10.0. The van der Waals surface area contributed by atoms with Crippen molar-refractivity contribution in [2.75, 3.05) is 0 Å². The summed E-state index contributed by atoms with van der Waals surface area (Å²) in [6, 6.07) is 0. The quantitative estimate of drug-likeness (QED) is 0.762. The summed E-state index contributed by atoms with van der Waals surface area (Å²) >= 11 is 0. The Bertz CT molecular complexity index is 402. The molecule has 0 spiro atoms. The van der Waals surface area contributed by atoms with E-state index in [4.69, 9.17) is 0 Å². The van der Waals surface area contributed by atoms with E-state index < -0.39 is 11.9 Å². The van der Waals surface area contributed by atoms with Gasteiger partial charge in [0.1, 0.15) is 0 Å². The van der Waals surface area contributed by atoms with Gasteiger partial charge in [0.15, 0.2) is 0 Å². The molecule has 3 rings (SSSR count). The Hall–Kier alpha value is -1.32. The van der Waals surface area contributed by atoms with Crippen LogP contribution in [0.1, 0.15) is 38.5 Å². The molecule has 0 saturated heterocycles. The predicted octanol–water partition coefficient (Wildman–Crippen LogP) is 2.79. The maximum absolute atomic E-state index is 11.2. The molecule has 20 heavy (non-hydrogen) atoms. The van der Waals surface area contributed by atoms with Gasteiger partial charge in [0.25, 0.3) is 0 Å². The van der Waals surface area contributed by atoms with Crippen LogP contribution in [0, 0.1) is 35.5 Å². The molecule has 0 radical (unpaired) electrons. The van der Waals surface area contributed by atoms with Crippen LogP contribution in [0.4, 0.5) is 0 Å². The molecule has 2 saturated carbocycles. The van der Waals surface area contributed by atoms with E-state index in [2.05, 4.69) is 12.2 Å². The second-order valence-corrected chi connectivity index (χ2v) is 6.59. The van der Waals surface area contributed by atoms with Crippen LogP contribution in [-0.4, -0.2) is 22.2 Å². The van der Waals surface area contributed by atoms with Crippen molar-refractivity contribution in [3.05, 3.63) is 12.2 Å². The first-order valence-corrected chi connectivity index (χ1v) is 7.72. The number of hydrogen-bond donors (Lipinski definition) is 2. The van der Waals surface area contributed by atoms with E-state index in [-0.39, 0.29) is 23.7 Å². The number of fused-ring (bicyclic) bond motifs is 2. The summed E-state index contributed by atoms with van der Waals surface area (Å²) < 4.78 is 0. The average molecular weight is 278 g/mol. The van der Waals surface area contributed by atoms with Crippen molar-refractivity contribution in [1.82, 2.24) is 0 Å². The molecule has 3 aliphatic carbocycles. The molecule has 4 heteroatoms. The van der Waals surface area contributed by atoms with Crippen LogP contribution in [0.25, 0.3) is 0 Å². The monoisotopic (exact) mass is 278 g/mol. The Balaban J connectivity index is 1.65. The van der Waals surface area contributed by atoms with Gasteiger partial charge in [-0.15, -0.1) is 0 Å². The third kappa shape index (κ3) is 2.48. The fourth-order valence-electron chi connectivity index (χ4n) is 4.40. The normalized spacial score (nSPS) is 45.0. The van der Waals surface area contributed by atoms with Crippen molar-refractivity contribution in [2.24, 2.45) is 35.5 Å². The van der Waals surface area contributed by atoms with Crippen molar-refractivity contribution < 1.29 is 19.8 Å². The van der Waals surface area contributed by atoms with Crippen molar-refractivity contribution >= 4 is 11.9 Å². The summed E-state index contributed by atoms with van der Waals surface area (Å²) in [5, 5.41) is 18.4. The van der Waals surface area contributed by atoms with Crippen LogP contribution in [-0.2, 0) is 9.59 Å². The minimum absolute atomic E-state index is 0.176. The number of carboxylic acid groups (broad SMARTS) is 2. The Morgan fingerprint density at radius 3 is 1.40 bits per heavy atom. The van der Waals surface area contributed by atoms with Crippen molar-refractivity contribution in [3.8, 4) is 0 Å². The summed E-state index contributed by atoms with van der Waals surface area (Å²) in [7, 11) is 0. The molecule has 0 bridgehead atoms. The number of hydrogen-bond acceptors (Lipinski definition) is 2. The van der Waals surface area contributed by atoms with E-state index in [0.29, 0.717) is 11.8 Å². The van der Waals surface area contributed by atoms with Gasteiger partial charge >= 0.3 is 11.9 Å². The first kappa shape index (κ1) is 13.7. The topological polar surface area (TPSA) is 74.6 Å². The second kappa shape index (κ2) is 5.23. The van der Waals surface area contributed by atoms with Gasteiger partial charge < -0.3 is 10.2 Å². The van der Waals surface area contributed by atoms with Crippen molar-refractivity contribution in [1.29, 1.82) is 0 Å². The highest BCUT2D eigenvalue weighted by molar-refractivity contribution is 5.75. The molecule has 0 heterocycles. The molecular formula is C16H22O4. The fraction of sp³-hybridized carbons (Fsp3) is 0.750. The zero-order valence-electron chi connectivity index (χ0n) is 11.6. The van der Waals surface area contributed by atoms with Gasteiger partial charge in [-0.2, -0.15) is 0 Å². The van der Waals surface area contributed by atoms with Crippen LogP contribution in [0.2, 0.25) is 0 Å². The summed E-state index contributed by atoms with van der Waals surface area (Å²) in [6.45, 7) is 0. The van der Waals surface area contributed by atoms with Gasteiger partial charge in [0.2, 0.25) is 0 Å². The number of allylic oxidation sites excluding steroid dienone is 2. The molecule has 0 aromatic rings. The van der Waals surface area contributed by atoms with E-state index in [1.54, 1.807) is 0 Å². The predicted molar refractivity (Wildman–Crippen MR) is 73.1 cm³/mol. The minimum atomic E-state index is -0.666. The van der Waals surface area contributed by atoms with Crippen LogP contribution in [0.3, 0.4) is 0 Å². The maximum atomic E-state index is 11.2. The summed E-state index contributed by atoms with van der Waals surface area (Å²) in [6.07, 6.45) is 9.94. The van der Waals surface area contributed by atoms with E-state index in [1.165, 1.54) is 0 Å². The van der Waals surface area contributed by atoms with Crippen LogP contribution < -0.4 is 0 Å². The van der Waals surface area contributed by atoms with E-state index in [0.717, 1.165) is 38.5 Å². The van der Waals surface area contributed by atoms with Gasteiger partial charge in [-0.1, -0.05) is 12.2 Å². The SMILES string of the molecule is O=C(O)[C@@H]1[C@@H]2CC/C=C/CC[C@@H]3[C@H](CC[C@@H]21)[C@@H]3C(=O)O. The molecule has 2 fully saturated rings. The molecule has 2 N–H and O–H groups in total. The Morgan fingerprint density at radius 2 is 1.05 bits per heavy atom. The zero-order chi connectivity index (χ0) is 14.3. The standard InChI is InChI=1S/C16H22O4/c17-15(18)13-9-5-3-1-2-4-6-10-12(8-7-11(9)13)14(10)16(19)20/h1-2,9-14H,3-8H2,(H,17,18)(H,19,20)/b2-1+/t9-,10-,11+,12+,13-,14-/m1/s1. The van der Waals surface area contributed by atoms with Crippen molar-refractivity contribution in [3.63, 3.8) is 0 Å². The molecule has 3 aliphatic rings.